The largest absolute Gasteiger partial charge is 0.340 e. The van der Waals surface area contributed by atoms with Crippen LogP contribution in [0, 0.1) is 0 Å². The zero-order valence-corrected chi connectivity index (χ0v) is 19.0. The van der Waals surface area contributed by atoms with Crippen molar-refractivity contribution in [3.05, 3.63) is 47.5 Å². The van der Waals surface area contributed by atoms with Crippen LogP contribution in [0.1, 0.15) is 57.1 Å². The lowest BCUT2D eigenvalue weighted by Gasteiger charge is -2.33. The summed E-state index contributed by atoms with van der Waals surface area (Å²) >= 11 is 1.80. The van der Waals surface area contributed by atoms with Crippen LogP contribution >= 0.6 is 11.8 Å². The molecule has 1 aliphatic rings. The maximum atomic E-state index is 11.2. The molecular weight excluding hydrogens is 402 g/mol. The first-order valence-corrected chi connectivity index (χ1v) is 13.0. The van der Waals surface area contributed by atoms with Crippen molar-refractivity contribution < 1.29 is 13.0 Å². The minimum atomic E-state index is -3.95. The highest BCUT2D eigenvalue weighted by atomic mass is 32.2. The van der Waals surface area contributed by atoms with E-state index in [0.717, 1.165) is 37.1 Å². The van der Waals surface area contributed by atoms with Crippen LogP contribution in [0.2, 0.25) is 0 Å². The second-order valence-corrected chi connectivity index (χ2v) is 10.4. The van der Waals surface area contributed by atoms with E-state index in [0.29, 0.717) is 13.0 Å². The Labute approximate surface area is 179 Å². The number of fused-ring (bicyclic) bond motifs is 2. The summed E-state index contributed by atoms with van der Waals surface area (Å²) in [6.45, 7) is 4.96. The predicted molar refractivity (Wildman–Crippen MR) is 122 cm³/mol. The third-order valence-electron chi connectivity index (χ3n) is 5.27. The van der Waals surface area contributed by atoms with E-state index in [1.807, 2.05) is 0 Å². The van der Waals surface area contributed by atoms with Gasteiger partial charge in [-0.3, -0.25) is 4.55 Å². The van der Waals surface area contributed by atoms with Gasteiger partial charge in [0, 0.05) is 16.3 Å². The van der Waals surface area contributed by atoms with Gasteiger partial charge in [-0.25, -0.2) is 0 Å². The van der Waals surface area contributed by atoms with Gasteiger partial charge < -0.3 is 4.90 Å². The summed E-state index contributed by atoms with van der Waals surface area (Å²) in [7, 11) is -3.95. The molecule has 0 aliphatic carbocycles. The molecule has 0 atom stereocenters. The molecule has 0 fully saturated rings. The molecule has 29 heavy (non-hydrogen) atoms. The summed E-state index contributed by atoms with van der Waals surface area (Å²) in [5, 5.41) is 0. The molecule has 1 N–H and O–H groups in total. The fourth-order valence-corrected chi connectivity index (χ4v) is 5.32. The van der Waals surface area contributed by atoms with Gasteiger partial charge in [-0.05, 0) is 67.5 Å². The maximum Gasteiger partial charge on any atom is 0.264 e. The molecule has 4 nitrogen and oxygen atoms in total. The van der Waals surface area contributed by atoms with Crippen molar-refractivity contribution in [3.8, 4) is 0 Å². The third-order valence-corrected chi connectivity index (χ3v) is 7.19. The molecule has 3 rings (SSSR count). The number of nitrogens with zero attached hydrogens (tertiary/aromatic N) is 1. The number of aryl methyl sites for hydroxylation is 2. The Hall–Kier alpha value is -1.50. The molecule has 158 valence electrons. The molecule has 0 radical (unpaired) electrons. The van der Waals surface area contributed by atoms with Crippen molar-refractivity contribution in [1.29, 1.82) is 0 Å². The van der Waals surface area contributed by atoms with Crippen molar-refractivity contribution in [3.63, 3.8) is 0 Å². The average molecular weight is 434 g/mol. The molecule has 0 unspecified atom stereocenters. The highest BCUT2D eigenvalue weighted by molar-refractivity contribution is 7.99. The molecule has 0 saturated heterocycles. The molecule has 0 spiro atoms. The van der Waals surface area contributed by atoms with Gasteiger partial charge in [-0.2, -0.15) is 8.42 Å². The Kier molecular flexibility index (Phi) is 7.66. The van der Waals surface area contributed by atoms with Crippen LogP contribution in [-0.2, 0) is 23.0 Å². The monoisotopic (exact) mass is 433 g/mol. The summed E-state index contributed by atoms with van der Waals surface area (Å²) in [6, 6.07) is 13.3. The van der Waals surface area contributed by atoms with Gasteiger partial charge in [0.25, 0.3) is 10.1 Å². The fraction of sp³-hybridized carbons (Fsp3) is 0.478. The molecule has 0 amide bonds. The van der Waals surface area contributed by atoms with Gasteiger partial charge in [-0.1, -0.05) is 50.6 Å². The van der Waals surface area contributed by atoms with Crippen molar-refractivity contribution in [1.82, 2.24) is 0 Å². The van der Waals surface area contributed by atoms with Crippen molar-refractivity contribution in [2.75, 3.05) is 17.2 Å². The number of rotatable bonds is 10. The summed E-state index contributed by atoms with van der Waals surface area (Å²) in [5.41, 5.74) is 4.94. The first kappa shape index (κ1) is 22.2. The molecule has 1 heterocycles. The van der Waals surface area contributed by atoms with Gasteiger partial charge >= 0.3 is 0 Å². The lowest BCUT2D eigenvalue weighted by atomic mass is 10.1. The zero-order valence-electron chi connectivity index (χ0n) is 17.4. The minimum absolute atomic E-state index is 0.217. The van der Waals surface area contributed by atoms with E-state index >= 15 is 0 Å². The van der Waals surface area contributed by atoms with E-state index in [4.69, 9.17) is 4.55 Å². The van der Waals surface area contributed by atoms with Gasteiger partial charge in [0.05, 0.1) is 17.1 Å². The summed E-state index contributed by atoms with van der Waals surface area (Å²) < 4.78 is 31.6. The molecule has 6 heteroatoms. The summed E-state index contributed by atoms with van der Waals surface area (Å²) in [6.07, 6.45) is 7.19. The smallest absolute Gasteiger partial charge is 0.264 e. The van der Waals surface area contributed by atoms with E-state index in [1.54, 1.807) is 11.8 Å². The van der Waals surface area contributed by atoms with Crippen molar-refractivity contribution in [2.24, 2.45) is 0 Å². The number of anilines is 2. The summed E-state index contributed by atoms with van der Waals surface area (Å²) in [4.78, 5) is 4.65. The third kappa shape index (κ3) is 6.00. The van der Waals surface area contributed by atoms with Crippen molar-refractivity contribution >= 4 is 33.3 Å². The van der Waals surface area contributed by atoms with Crippen molar-refractivity contribution in [2.45, 2.75) is 68.6 Å². The van der Waals surface area contributed by atoms with Crippen LogP contribution in [-0.4, -0.2) is 25.3 Å². The van der Waals surface area contributed by atoms with Crippen LogP contribution in [0.3, 0.4) is 0 Å². The van der Waals surface area contributed by atoms with E-state index in [9.17, 15) is 8.42 Å². The number of benzene rings is 2. The van der Waals surface area contributed by atoms with Crippen LogP contribution in [0.15, 0.2) is 46.2 Å². The Bertz CT molecular complexity index is 941. The second-order valence-electron chi connectivity index (χ2n) is 7.70. The van der Waals surface area contributed by atoms with Gasteiger partial charge in [-0.15, -0.1) is 0 Å². The molecule has 2 aromatic rings. The quantitative estimate of drug-likeness (QED) is 0.449. The molecular formula is C23H31NO3S2. The Balaban J connectivity index is 1.92. The molecule has 2 aromatic carbocycles. The van der Waals surface area contributed by atoms with Crippen LogP contribution < -0.4 is 4.90 Å². The lowest BCUT2D eigenvalue weighted by molar-refractivity contribution is 0.481. The second kappa shape index (κ2) is 10.0. The maximum absolute atomic E-state index is 11.2. The van der Waals surface area contributed by atoms with E-state index < -0.39 is 10.1 Å². The predicted octanol–water partition coefficient (Wildman–Crippen LogP) is 6.25. The Morgan fingerprint density at radius 2 is 1.52 bits per heavy atom. The van der Waals surface area contributed by atoms with E-state index in [-0.39, 0.29) is 5.75 Å². The number of hydrogen-bond donors (Lipinski definition) is 1. The highest BCUT2D eigenvalue weighted by Crippen LogP contribution is 2.49. The number of unbranched alkanes of at least 4 members (excludes halogenated alkanes) is 2. The first-order valence-electron chi connectivity index (χ1n) is 10.6. The topological polar surface area (TPSA) is 57.6 Å². The van der Waals surface area contributed by atoms with Gasteiger partial charge in [0.1, 0.15) is 0 Å². The van der Waals surface area contributed by atoms with E-state index in [2.05, 4.69) is 55.1 Å². The van der Waals surface area contributed by atoms with Gasteiger partial charge in [0.15, 0.2) is 0 Å². The molecule has 0 aromatic heterocycles. The van der Waals surface area contributed by atoms with Crippen LogP contribution in [0.4, 0.5) is 11.4 Å². The van der Waals surface area contributed by atoms with Crippen LogP contribution in [0.25, 0.3) is 0 Å². The zero-order chi connectivity index (χ0) is 20.9. The van der Waals surface area contributed by atoms with E-state index in [1.165, 1.54) is 33.8 Å². The SMILES string of the molecule is CCCCc1ccc2c(c1)Sc1ccc(CCCC)cc1N2CCCS(=O)(=O)O. The normalized spacial score (nSPS) is 13.3. The van der Waals surface area contributed by atoms with Gasteiger partial charge in [0.2, 0.25) is 0 Å². The van der Waals surface area contributed by atoms with Crippen LogP contribution in [0.5, 0.6) is 0 Å². The minimum Gasteiger partial charge on any atom is -0.340 e. The fourth-order valence-electron chi connectivity index (χ4n) is 3.69. The first-order chi connectivity index (χ1) is 13.9. The average Bonchev–Trinajstić information content (AvgIpc) is 2.69. The standard InChI is InChI=1S/C23H31NO3S2/c1-3-5-8-18-11-13-22-21(16-18)24(14-7-15-29(25,26)27)20-12-10-19(9-6-4-2)17-23(20)28-22/h10-13,16-17H,3-9,14-15H2,1-2H3,(H,25,26,27). The Morgan fingerprint density at radius 1 is 0.862 bits per heavy atom. The Morgan fingerprint density at radius 3 is 2.17 bits per heavy atom. The summed E-state index contributed by atoms with van der Waals surface area (Å²) in [5.74, 6) is -0.217. The molecule has 1 aliphatic heterocycles. The number of hydrogen-bond acceptors (Lipinski definition) is 4. The lowest BCUT2D eigenvalue weighted by Crippen LogP contribution is -2.24. The molecule has 0 bridgehead atoms. The molecule has 0 saturated carbocycles. The highest BCUT2D eigenvalue weighted by Gasteiger charge is 2.24.